The molecule has 20 heavy (non-hydrogen) atoms. The van der Waals surface area contributed by atoms with Gasteiger partial charge in [-0.1, -0.05) is 6.92 Å². The van der Waals surface area contributed by atoms with Gasteiger partial charge in [0.2, 0.25) is 0 Å². The van der Waals surface area contributed by atoms with Gasteiger partial charge < -0.3 is 10.5 Å². The first-order chi connectivity index (χ1) is 9.55. The van der Waals surface area contributed by atoms with Crippen LogP contribution in [0.15, 0.2) is 18.2 Å². The Morgan fingerprint density at radius 3 is 2.90 bits per heavy atom. The number of fused-ring (bicyclic) bond motifs is 3. The number of nitrogens with two attached hydrogens (primary N) is 1. The summed E-state index contributed by atoms with van der Waals surface area (Å²) in [6.45, 7) is 4.17. The van der Waals surface area contributed by atoms with Crippen molar-refractivity contribution in [1.82, 2.24) is 4.98 Å². The second-order valence-electron chi connectivity index (χ2n) is 5.58. The fraction of sp³-hybridized carbons (Fsp3) is 0.438. The van der Waals surface area contributed by atoms with Crippen molar-refractivity contribution >= 4 is 11.3 Å². The van der Waals surface area contributed by atoms with E-state index in [0.717, 1.165) is 35.7 Å². The van der Waals surface area contributed by atoms with Crippen LogP contribution in [0.4, 0.5) is 0 Å². The van der Waals surface area contributed by atoms with E-state index < -0.39 is 0 Å². The van der Waals surface area contributed by atoms with Crippen LogP contribution in [0.5, 0.6) is 5.75 Å². The second kappa shape index (κ2) is 4.86. The van der Waals surface area contributed by atoms with Crippen molar-refractivity contribution in [3.05, 3.63) is 33.6 Å². The minimum Gasteiger partial charge on any atom is -0.497 e. The lowest BCUT2D eigenvalue weighted by molar-refractivity contribution is 0.414. The predicted octanol–water partition coefficient (Wildman–Crippen LogP) is 3.50. The molecule has 2 N–H and O–H groups in total. The van der Waals surface area contributed by atoms with Gasteiger partial charge in [-0.15, -0.1) is 11.3 Å². The lowest BCUT2D eigenvalue weighted by atomic mass is 9.93. The molecule has 1 unspecified atom stereocenters. The van der Waals surface area contributed by atoms with Crippen molar-refractivity contribution in [2.75, 3.05) is 7.11 Å². The van der Waals surface area contributed by atoms with Crippen LogP contribution in [-0.2, 0) is 18.4 Å². The fourth-order valence-corrected chi connectivity index (χ4v) is 3.71. The quantitative estimate of drug-likeness (QED) is 0.940. The van der Waals surface area contributed by atoms with Crippen molar-refractivity contribution < 1.29 is 4.74 Å². The number of aromatic nitrogens is 1. The van der Waals surface area contributed by atoms with Crippen LogP contribution in [0.3, 0.4) is 0 Å². The lowest BCUT2D eigenvalue weighted by Gasteiger charge is -2.19. The van der Waals surface area contributed by atoms with Gasteiger partial charge in [-0.2, -0.15) is 0 Å². The third-order valence-electron chi connectivity index (χ3n) is 4.11. The van der Waals surface area contributed by atoms with Crippen molar-refractivity contribution in [2.24, 2.45) is 5.73 Å². The summed E-state index contributed by atoms with van der Waals surface area (Å²) in [5, 5.41) is 1.05. The number of nitrogens with zero attached hydrogens (tertiary/aromatic N) is 1. The van der Waals surface area contributed by atoms with Crippen LogP contribution in [0.1, 0.15) is 35.7 Å². The Bertz CT molecular complexity index is 646. The van der Waals surface area contributed by atoms with Gasteiger partial charge in [-0.3, -0.25) is 0 Å². The first kappa shape index (κ1) is 13.6. The molecule has 0 spiro atoms. The third kappa shape index (κ3) is 2.13. The molecule has 3 nitrogen and oxygen atoms in total. The molecule has 3 rings (SSSR count). The Kier molecular flexibility index (Phi) is 3.30. The smallest absolute Gasteiger partial charge is 0.119 e. The molecule has 1 atom stereocenters. The minimum atomic E-state index is -0.325. The number of rotatable bonds is 3. The van der Waals surface area contributed by atoms with Crippen LogP contribution in [0, 0.1) is 0 Å². The summed E-state index contributed by atoms with van der Waals surface area (Å²) in [6, 6.07) is 6.25. The summed E-state index contributed by atoms with van der Waals surface area (Å²) >= 11 is 1.77. The zero-order chi connectivity index (χ0) is 14.3. The Morgan fingerprint density at radius 2 is 2.20 bits per heavy atom. The van der Waals surface area contributed by atoms with Crippen LogP contribution < -0.4 is 10.5 Å². The molecule has 0 aliphatic heterocycles. The van der Waals surface area contributed by atoms with E-state index in [9.17, 15) is 0 Å². The Hall–Kier alpha value is -1.39. The van der Waals surface area contributed by atoms with E-state index >= 15 is 0 Å². The number of thiazole rings is 1. The third-order valence-corrected chi connectivity index (χ3v) is 5.50. The predicted molar refractivity (Wildman–Crippen MR) is 83.3 cm³/mol. The maximum absolute atomic E-state index is 6.34. The van der Waals surface area contributed by atoms with Gasteiger partial charge in [-0.25, -0.2) is 4.98 Å². The van der Waals surface area contributed by atoms with E-state index in [1.54, 1.807) is 18.4 Å². The summed E-state index contributed by atoms with van der Waals surface area (Å²) in [7, 11) is 1.71. The van der Waals surface area contributed by atoms with Crippen molar-refractivity contribution in [3.63, 3.8) is 0 Å². The molecule has 1 aliphatic rings. The number of aryl methyl sites for hydroxylation is 2. The first-order valence-corrected chi connectivity index (χ1v) is 7.83. The molecule has 106 valence electrons. The van der Waals surface area contributed by atoms with Crippen LogP contribution in [0.25, 0.3) is 11.3 Å². The van der Waals surface area contributed by atoms with Crippen LogP contribution >= 0.6 is 11.3 Å². The molecule has 0 radical (unpaired) electrons. The van der Waals surface area contributed by atoms with E-state index in [1.165, 1.54) is 16.0 Å². The van der Waals surface area contributed by atoms with Gasteiger partial charge in [0, 0.05) is 10.4 Å². The zero-order valence-electron chi connectivity index (χ0n) is 12.2. The highest BCUT2D eigenvalue weighted by atomic mass is 32.1. The average Bonchev–Trinajstić information content (AvgIpc) is 2.91. The average molecular weight is 288 g/mol. The van der Waals surface area contributed by atoms with Crippen molar-refractivity contribution in [3.8, 4) is 17.0 Å². The number of benzene rings is 1. The number of methoxy groups -OCH3 is 1. The number of hydrogen-bond donors (Lipinski definition) is 1. The molecular weight excluding hydrogens is 268 g/mol. The summed E-state index contributed by atoms with van der Waals surface area (Å²) in [5.74, 6) is 0.917. The van der Waals surface area contributed by atoms with Gasteiger partial charge in [0.1, 0.15) is 10.8 Å². The van der Waals surface area contributed by atoms with E-state index in [1.807, 2.05) is 6.07 Å². The number of ether oxygens (including phenoxy) is 1. The van der Waals surface area contributed by atoms with Gasteiger partial charge in [0.25, 0.3) is 0 Å². The lowest BCUT2D eigenvalue weighted by Crippen LogP contribution is -2.31. The molecule has 4 heteroatoms. The monoisotopic (exact) mass is 288 g/mol. The normalized spacial score (nSPS) is 16.2. The summed E-state index contributed by atoms with van der Waals surface area (Å²) < 4.78 is 5.31. The molecule has 0 fully saturated rings. The van der Waals surface area contributed by atoms with Gasteiger partial charge in [0.05, 0.1) is 18.3 Å². The molecule has 0 bridgehead atoms. The molecule has 1 aliphatic carbocycles. The SMILES string of the molecule is CCC(C)(N)c1nc2c(s1)CCc1cc(OC)ccc1-2. The highest BCUT2D eigenvalue weighted by molar-refractivity contribution is 7.12. The Balaban J connectivity index is 2.08. The topological polar surface area (TPSA) is 48.1 Å². The largest absolute Gasteiger partial charge is 0.497 e. The molecule has 1 heterocycles. The highest BCUT2D eigenvalue weighted by Crippen LogP contribution is 2.40. The number of hydrogen-bond acceptors (Lipinski definition) is 4. The molecule has 1 aromatic carbocycles. The maximum atomic E-state index is 6.34. The van der Waals surface area contributed by atoms with E-state index in [2.05, 4.69) is 26.0 Å². The van der Waals surface area contributed by atoms with Gasteiger partial charge in [-0.05, 0) is 49.9 Å². The highest BCUT2D eigenvalue weighted by Gasteiger charge is 2.28. The van der Waals surface area contributed by atoms with Gasteiger partial charge >= 0.3 is 0 Å². The van der Waals surface area contributed by atoms with Crippen molar-refractivity contribution in [2.45, 2.75) is 38.6 Å². The van der Waals surface area contributed by atoms with E-state index in [-0.39, 0.29) is 5.54 Å². The fourth-order valence-electron chi connectivity index (χ4n) is 2.51. The molecule has 0 saturated heterocycles. The summed E-state index contributed by atoms with van der Waals surface area (Å²) in [6.07, 6.45) is 3.00. The Labute approximate surface area is 123 Å². The molecule has 0 amide bonds. The summed E-state index contributed by atoms with van der Waals surface area (Å²) in [5.41, 5.74) is 9.70. The van der Waals surface area contributed by atoms with E-state index in [4.69, 9.17) is 15.5 Å². The Morgan fingerprint density at radius 1 is 1.40 bits per heavy atom. The van der Waals surface area contributed by atoms with Crippen LogP contribution in [-0.4, -0.2) is 12.1 Å². The standard InChI is InChI=1S/C16H20N2OS/c1-4-16(2,17)15-18-14-12-7-6-11(19-3)9-10(12)5-8-13(14)20-15/h6-7,9H,4-5,8,17H2,1-3H3. The molecular formula is C16H20N2OS. The molecule has 1 aromatic heterocycles. The maximum Gasteiger partial charge on any atom is 0.119 e. The van der Waals surface area contributed by atoms with Gasteiger partial charge in [0.15, 0.2) is 0 Å². The molecule has 0 saturated carbocycles. The molecule has 2 aromatic rings. The second-order valence-corrected chi connectivity index (χ2v) is 6.67. The van der Waals surface area contributed by atoms with E-state index in [0.29, 0.717) is 0 Å². The first-order valence-electron chi connectivity index (χ1n) is 7.01. The summed E-state index contributed by atoms with van der Waals surface area (Å²) in [4.78, 5) is 6.21. The zero-order valence-corrected chi connectivity index (χ0v) is 13.0. The minimum absolute atomic E-state index is 0.325. The van der Waals surface area contributed by atoms with Crippen molar-refractivity contribution in [1.29, 1.82) is 0 Å². The van der Waals surface area contributed by atoms with Crippen LogP contribution in [0.2, 0.25) is 0 Å².